The van der Waals surface area contributed by atoms with E-state index in [0.717, 1.165) is 32.9 Å². The average Bonchev–Trinajstić information content (AvgIpc) is 4.08. The van der Waals surface area contributed by atoms with E-state index in [1.807, 2.05) is 68.6 Å². The standard InChI is InChI=1S/C44H55N9O6/c1-43(2)19-15-35-39(56)49-34(23-27-25-47-31-13-6-4-11-29(27)31)38(55)51-44(17-7-8-18-44)42(59)50-33(22-26-24-46-30-12-5-3-10-28(26)30)37(54)48-32(16-20-45)40(57)52-21-9-14-36(52)41(58)53(35)43/h3-6,10-13,24-25,32-36,46-47H,7-9,14-23,45H2,1-2H3,(H,48,54)(H,49,56)(H,50,59)(H,51,55)/t32-,33-,34-,35+,36+/m0/s1. The lowest BCUT2D eigenvalue weighted by atomic mass is 9.93. The SMILES string of the molecule is CC1(C)CC[C@@H]2C(=O)N[C@@H](Cc3c[nH]c4ccccc34)C(=O)NC3(CCCC3)C(=O)N[C@@H](Cc3c[nH]c4ccccc34)C(=O)N[C@@H](CCN)C(=O)N3CCC[C@@H]3C(=O)N21. The van der Waals surface area contributed by atoms with Gasteiger partial charge in [0, 0.05) is 59.1 Å². The molecule has 3 aliphatic heterocycles. The number of hydrogen-bond acceptors (Lipinski definition) is 7. The molecule has 15 nitrogen and oxygen atoms in total. The molecule has 15 heteroatoms. The van der Waals surface area contributed by atoms with Crippen molar-refractivity contribution in [1.82, 2.24) is 41.0 Å². The first-order chi connectivity index (χ1) is 28.4. The molecule has 8 rings (SSSR count). The van der Waals surface area contributed by atoms with E-state index in [-0.39, 0.29) is 31.7 Å². The van der Waals surface area contributed by atoms with Gasteiger partial charge in [-0.2, -0.15) is 0 Å². The van der Waals surface area contributed by atoms with Gasteiger partial charge in [0.1, 0.15) is 35.7 Å². The predicted octanol–water partition coefficient (Wildman–Crippen LogP) is 2.44. The first-order valence-corrected chi connectivity index (χ1v) is 21.1. The van der Waals surface area contributed by atoms with Crippen molar-refractivity contribution in [1.29, 1.82) is 0 Å². The first kappa shape index (κ1) is 40.1. The summed E-state index contributed by atoms with van der Waals surface area (Å²) in [5.41, 5.74) is 7.25. The third-order valence-electron chi connectivity index (χ3n) is 13.1. The largest absolute Gasteiger partial charge is 0.361 e. The second kappa shape index (κ2) is 16.2. The third kappa shape index (κ3) is 7.68. The number of rotatable bonds is 6. The van der Waals surface area contributed by atoms with E-state index in [9.17, 15) is 28.8 Å². The van der Waals surface area contributed by atoms with Crippen LogP contribution in [0.2, 0.25) is 0 Å². The summed E-state index contributed by atoms with van der Waals surface area (Å²) in [6.45, 7) is 4.20. The van der Waals surface area contributed by atoms with Gasteiger partial charge in [-0.15, -0.1) is 0 Å². The molecule has 0 bridgehead atoms. The van der Waals surface area contributed by atoms with E-state index in [1.54, 1.807) is 11.1 Å². The minimum absolute atomic E-state index is 0.0822. The second-order valence-corrected chi connectivity index (χ2v) is 17.4. The van der Waals surface area contributed by atoms with E-state index in [0.29, 0.717) is 57.9 Å². The number of nitrogens with two attached hydrogens (primary N) is 1. The lowest BCUT2D eigenvalue weighted by Crippen LogP contribution is -2.65. The fourth-order valence-corrected chi connectivity index (χ4v) is 9.94. The van der Waals surface area contributed by atoms with Gasteiger partial charge in [0.2, 0.25) is 35.4 Å². The molecule has 8 N–H and O–H groups in total. The molecule has 5 atom stereocenters. The Balaban J connectivity index is 1.20. The highest BCUT2D eigenvalue weighted by atomic mass is 16.2. The molecule has 2 aromatic carbocycles. The number of fused-ring (bicyclic) bond motifs is 4. The van der Waals surface area contributed by atoms with Crippen LogP contribution in [0.3, 0.4) is 0 Å². The smallest absolute Gasteiger partial charge is 0.246 e. The highest BCUT2D eigenvalue weighted by Crippen LogP contribution is 2.37. The van der Waals surface area contributed by atoms with Crippen LogP contribution in [0.1, 0.15) is 82.8 Å². The monoisotopic (exact) mass is 805 g/mol. The molecule has 4 aromatic rings. The summed E-state index contributed by atoms with van der Waals surface area (Å²) < 4.78 is 0. The first-order valence-electron chi connectivity index (χ1n) is 21.1. The third-order valence-corrected chi connectivity index (χ3v) is 13.1. The zero-order chi connectivity index (χ0) is 41.5. The molecule has 3 saturated heterocycles. The molecule has 59 heavy (non-hydrogen) atoms. The summed E-state index contributed by atoms with van der Waals surface area (Å²) in [7, 11) is 0. The lowest BCUT2D eigenvalue weighted by Gasteiger charge is -2.40. The number of carbonyl (C=O) groups is 6. The highest BCUT2D eigenvalue weighted by Gasteiger charge is 2.51. The van der Waals surface area contributed by atoms with E-state index >= 15 is 0 Å². The van der Waals surface area contributed by atoms with Crippen molar-refractivity contribution in [3.8, 4) is 0 Å². The Hall–Kier alpha value is -5.70. The summed E-state index contributed by atoms with van der Waals surface area (Å²) in [4.78, 5) is 97.3. The average molecular weight is 806 g/mol. The van der Waals surface area contributed by atoms with Gasteiger partial charge in [-0.05, 0) is 88.6 Å². The maximum Gasteiger partial charge on any atom is 0.246 e. The van der Waals surface area contributed by atoms with Crippen molar-refractivity contribution in [3.05, 3.63) is 72.1 Å². The molecule has 312 valence electrons. The minimum Gasteiger partial charge on any atom is -0.361 e. The van der Waals surface area contributed by atoms with Crippen LogP contribution in [-0.2, 0) is 41.6 Å². The Morgan fingerprint density at radius 3 is 1.88 bits per heavy atom. The number of aromatic nitrogens is 2. The molecule has 4 fully saturated rings. The van der Waals surface area contributed by atoms with Crippen molar-refractivity contribution in [2.24, 2.45) is 5.73 Å². The molecule has 2 aromatic heterocycles. The minimum atomic E-state index is -1.38. The molecular weight excluding hydrogens is 751 g/mol. The molecule has 0 radical (unpaired) electrons. The molecular formula is C44H55N9O6. The molecule has 1 saturated carbocycles. The van der Waals surface area contributed by atoms with Crippen LogP contribution in [0.25, 0.3) is 21.8 Å². The maximum atomic E-state index is 14.7. The number of para-hydroxylation sites is 2. The lowest BCUT2D eigenvalue weighted by molar-refractivity contribution is -0.151. The van der Waals surface area contributed by atoms with Gasteiger partial charge in [0.25, 0.3) is 0 Å². The van der Waals surface area contributed by atoms with E-state index in [4.69, 9.17) is 5.73 Å². The van der Waals surface area contributed by atoms with Crippen molar-refractivity contribution in [3.63, 3.8) is 0 Å². The fourth-order valence-electron chi connectivity index (χ4n) is 9.94. The van der Waals surface area contributed by atoms with Crippen LogP contribution in [0.5, 0.6) is 0 Å². The quantitative estimate of drug-likeness (QED) is 0.155. The maximum absolute atomic E-state index is 14.7. The van der Waals surface area contributed by atoms with Gasteiger partial charge < -0.3 is 46.8 Å². The van der Waals surface area contributed by atoms with Gasteiger partial charge >= 0.3 is 0 Å². The van der Waals surface area contributed by atoms with Crippen LogP contribution >= 0.6 is 0 Å². The number of aromatic amines is 2. The van der Waals surface area contributed by atoms with Crippen LogP contribution in [0.4, 0.5) is 0 Å². The number of amides is 6. The summed E-state index contributed by atoms with van der Waals surface area (Å²) in [5.74, 6) is -2.89. The van der Waals surface area contributed by atoms with Gasteiger partial charge in [0.05, 0.1) is 0 Å². The van der Waals surface area contributed by atoms with Crippen molar-refractivity contribution in [2.45, 2.75) is 126 Å². The number of H-pyrrole nitrogens is 2. The Bertz CT molecular complexity index is 2270. The van der Waals surface area contributed by atoms with Crippen LogP contribution in [-0.4, -0.2) is 110 Å². The second-order valence-electron chi connectivity index (χ2n) is 17.4. The van der Waals surface area contributed by atoms with E-state index in [2.05, 4.69) is 31.2 Å². The van der Waals surface area contributed by atoms with Crippen LogP contribution in [0, 0.1) is 0 Å². The molecule has 6 amide bonds. The van der Waals surface area contributed by atoms with Gasteiger partial charge in [-0.25, -0.2) is 0 Å². The van der Waals surface area contributed by atoms with Crippen LogP contribution < -0.4 is 27.0 Å². The molecule has 1 spiro atoms. The van der Waals surface area contributed by atoms with Crippen molar-refractivity contribution in [2.75, 3.05) is 13.1 Å². The van der Waals surface area contributed by atoms with Gasteiger partial charge in [0.15, 0.2) is 0 Å². The highest BCUT2D eigenvalue weighted by molar-refractivity contribution is 6.00. The topological polar surface area (TPSA) is 215 Å². The summed E-state index contributed by atoms with van der Waals surface area (Å²) in [6.07, 6.45) is 7.73. The zero-order valence-electron chi connectivity index (χ0n) is 33.8. The fraction of sp³-hybridized carbons (Fsp3) is 0.500. The Morgan fingerprint density at radius 1 is 0.661 bits per heavy atom. The molecule has 5 heterocycles. The number of hydrogen-bond donors (Lipinski definition) is 7. The Kier molecular flexibility index (Phi) is 11.0. The zero-order valence-corrected chi connectivity index (χ0v) is 33.8. The summed E-state index contributed by atoms with van der Waals surface area (Å²) in [6, 6.07) is 10.2. The number of benzene rings is 2. The Labute approximate surface area is 342 Å². The number of carbonyl (C=O) groups excluding carboxylic acids is 6. The van der Waals surface area contributed by atoms with Gasteiger partial charge in [-0.3, -0.25) is 28.8 Å². The molecule has 1 aliphatic carbocycles. The summed E-state index contributed by atoms with van der Waals surface area (Å²) in [5, 5.41) is 13.8. The normalized spacial score (nSPS) is 26.7. The summed E-state index contributed by atoms with van der Waals surface area (Å²) >= 11 is 0. The molecule has 0 unspecified atom stereocenters. The van der Waals surface area contributed by atoms with E-state index in [1.165, 1.54) is 4.90 Å². The number of nitrogens with zero attached hydrogens (tertiary/aromatic N) is 2. The Morgan fingerprint density at radius 2 is 1.25 bits per heavy atom. The molecule has 4 aliphatic rings. The van der Waals surface area contributed by atoms with Crippen LogP contribution in [0.15, 0.2) is 60.9 Å². The van der Waals surface area contributed by atoms with Crippen molar-refractivity contribution >= 4 is 57.2 Å². The number of nitrogens with one attached hydrogen (secondary N) is 6. The van der Waals surface area contributed by atoms with E-state index < -0.39 is 70.8 Å². The van der Waals surface area contributed by atoms with Gasteiger partial charge in [-0.1, -0.05) is 49.2 Å². The van der Waals surface area contributed by atoms with Crippen molar-refractivity contribution < 1.29 is 28.8 Å². The predicted molar refractivity (Wildman–Crippen MR) is 221 cm³/mol.